The van der Waals surface area contributed by atoms with Crippen LogP contribution in [0.15, 0.2) is 77.7 Å². The minimum absolute atomic E-state index is 0.143. The van der Waals surface area contributed by atoms with Crippen LogP contribution in [0.1, 0.15) is 56.0 Å². The molecular formula is C30H33N3O3S2. The second-order valence-corrected chi connectivity index (χ2v) is 13.6. The summed E-state index contributed by atoms with van der Waals surface area (Å²) in [5, 5.41) is 0.542. The summed E-state index contributed by atoms with van der Waals surface area (Å²) in [6.45, 7) is 9.40. The van der Waals surface area contributed by atoms with E-state index in [2.05, 4.69) is 27.7 Å². The maximum Gasteiger partial charge on any atom is 0.264 e. The number of thiazole rings is 1. The SMILES string of the molecule is CC(C)c1ccc(N(C(=O)c2cccc(S(=O)(=O)N3C[C@@H](C)C[C@H](C)C3)c2)c2nc3ccccc3s2)cc1. The number of sulfonamides is 1. The van der Waals surface area contributed by atoms with Crippen LogP contribution in [0.2, 0.25) is 0 Å². The number of aromatic nitrogens is 1. The van der Waals surface area contributed by atoms with Crippen molar-refractivity contribution < 1.29 is 13.2 Å². The van der Waals surface area contributed by atoms with Crippen molar-refractivity contribution in [3.05, 3.63) is 83.9 Å². The van der Waals surface area contributed by atoms with E-state index in [1.807, 2.05) is 48.5 Å². The van der Waals surface area contributed by atoms with Gasteiger partial charge >= 0.3 is 0 Å². The van der Waals surface area contributed by atoms with Gasteiger partial charge in [-0.1, -0.05) is 69.4 Å². The monoisotopic (exact) mass is 547 g/mol. The van der Waals surface area contributed by atoms with Crippen molar-refractivity contribution in [1.82, 2.24) is 9.29 Å². The van der Waals surface area contributed by atoms with Gasteiger partial charge in [0.25, 0.3) is 5.91 Å². The zero-order valence-electron chi connectivity index (χ0n) is 22.2. The molecule has 0 bridgehead atoms. The van der Waals surface area contributed by atoms with Crippen molar-refractivity contribution in [2.75, 3.05) is 18.0 Å². The molecule has 3 aromatic carbocycles. The van der Waals surface area contributed by atoms with Crippen LogP contribution < -0.4 is 4.90 Å². The number of carbonyl (C=O) groups excluding carboxylic acids is 1. The number of piperidine rings is 1. The Hall–Kier alpha value is -3.07. The van der Waals surface area contributed by atoms with Crippen LogP contribution in [0.4, 0.5) is 10.8 Å². The molecular weight excluding hydrogens is 514 g/mol. The fourth-order valence-corrected chi connectivity index (χ4v) is 7.86. The second kappa shape index (κ2) is 10.6. The van der Waals surface area contributed by atoms with E-state index in [0.29, 0.717) is 47.2 Å². The quantitative estimate of drug-likeness (QED) is 0.259. The summed E-state index contributed by atoms with van der Waals surface area (Å²) in [6.07, 6.45) is 1.01. The predicted octanol–water partition coefficient (Wildman–Crippen LogP) is 7.06. The van der Waals surface area contributed by atoms with Gasteiger partial charge in [0.2, 0.25) is 10.0 Å². The van der Waals surface area contributed by atoms with Crippen molar-refractivity contribution >= 4 is 48.3 Å². The topological polar surface area (TPSA) is 70.6 Å². The molecule has 0 radical (unpaired) electrons. The van der Waals surface area contributed by atoms with Crippen molar-refractivity contribution in [1.29, 1.82) is 0 Å². The molecule has 2 atom stereocenters. The molecule has 38 heavy (non-hydrogen) atoms. The number of anilines is 2. The maximum absolute atomic E-state index is 14.1. The molecule has 0 saturated carbocycles. The molecule has 0 aliphatic carbocycles. The Labute approximate surface area is 229 Å². The number of fused-ring (bicyclic) bond motifs is 1. The van der Waals surface area contributed by atoms with Gasteiger partial charge in [-0.25, -0.2) is 13.4 Å². The van der Waals surface area contributed by atoms with Crippen LogP contribution in [0.3, 0.4) is 0 Å². The van der Waals surface area contributed by atoms with Crippen LogP contribution in [-0.2, 0) is 10.0 Å². The van der Waals surface area contributed by atoms with Crippen molar-refractivity contribution in [3.63, 3.8) is 0 Å². The summed E-state index contributed by atoms with van der Waals surface area (Å²) in [6, 6.07) is 22.1. The van der Waals surface area contributed by atoms with Crippen LogP contribution in [0.25, 0.3) is 10.2 Å². The zero-order chi connectivity index (χ0) is 27.0. The summed E-state index contributed by atoms with van der Waals surface area (Å²) >= 11 is 1.43. The first-order valence-electron chi connectivity index (χ1n) is 13.0. The first-order chi connectivity index (χ1) is 18.1. The average molecular weight is 548 g/mol. The Bertz CT molecular complexity index is 1520. The Kier molecular flexibility index (Phi) is 7.40. The first kappa shape index (κ1) is 26.5. The highest BCUT2D eigenvalue weighted by atomic mass is 32.2. The van der Waals surface area contributed by atoms with Gasteiger partial charge in [0.15, 0.2) is 5.13 Å². The lowest BCUT2D eigenvalue weighted by molar-refractivity contribution is 0.0999. The number of rotatable bonds is 6. The minimum Gasteiger partial charge on any atom is -0.268 e. The molecule has 2 heterocycles. The average Bonchev–Trinajstić information content (AvgIpc) is 3.32. The molecule has 4 aromatic rings. The first-order valence-corrected chi connectivity index (χ1v) is 15.3. The van der Waals surface area contributed by atoms with E-state index in [1.165, 1.54) is 23.0 Å². The molecule has 8 heteroatoms. The molecule has 1 fully saturated rings. The number of hydrogen-bond acceptors (Lipinski definition) is 5. The van der Waals surface area contributed by atoms with Crippen molar-refractivity contribution in [3.8, 4) is 0 Å². The number of benzene rings is 3. The second-order valence-electron chi connectivity index (χ2n) is 10.6. The van der Waals surface area contributed by atoms with Crippen molar-refractivity contribution in [2.24, 2.45) is 11.8 Å². The number of carbonyl (C=O) groups is 1. The summed E-state index contributed by atoms with van der Waals surface area (Å²) in [5.41, 5.74) is 2.97. The van der Waals surface area contributed by atoms with Crippen molar-refractivity contribution in [2.45, 2.75) is 44.9 Å². The molecule has 0 N–H and O–H groups in total. The van der Waals surface area contributed by atoms with Gasteiger partial charge in [-0.15, -0.1) is 0 Å². The van der Waals surface area contributed by atoms with Crippen LogP contribution in [0, 0.1) is 11.8 Å². The van der Waals surface area contributed by atoms with Gasteiger partial charge in [0, 0.05) is 18.7 Å². The molecule has 0 unspecified atom stereocenters. The van der Waals surface area contributed by atoms with E-state index < -0.39 is 10.0 Å². The normalized spacial score (nSPS) is 18.7. The molecule has 0 spiro atoms. The zero-order valence-corrected chi connectivity index (χ0v) is 23.8. The molecule has 1 amide bonds. The van der Waals surface area contributed by atoms with Gasteiger partial charge in [0.05, 0.1) is 20.8 Å². The number of para-hydroxylation sites is 1. The predicted molar refractivity (Wildman–Crippen MR) is 155 cm³/mol. The van der Waals surface area contributed by atoms with Gasteiger partial charge in [0.1, 0.15) is 0 Å². The number of amides is 1. The van der Waals surface area contributed by atoms with E-state index >= 15 is 0 Å². The Balaban J connectivity index is 1.55. The summed E-state index contributed by atoms with van der Waals surface area (Å²) in [7, 11) is -3.72. The third-order valence-corrected chi connectivity index (χ3v) is 9.90. The standard InChI is InChI=1S/C30H33N3O3S2/c1-20(2)23-12-14-25(15-13-23)33(30-31-27-10-5-6-11-28(27)37-30)29(34)24-8-7-9-26(17-24)38(35,36)32-18-21(3)16-22(4)19-32/h5-15,17,20-22H,16,18-19H2,1-4H3/t21-,22-/m0/s1. The maximum atomic E-state index is 14.1. The number of hydrogen-bond donors (Lipinski definition) is 0. The lowest BCUT2D eigenvalue weighted by atomic mass is 9.94. The lowest BCUT2D eigenvalue weighted by Crippen LogP contribution is -2.42. The fourth-order valence-electron chi connectivity index (χ4n) is 5.15. The fraction of sp³-hybridized carbons (Fsp3) is 0.333. The molecule has 6 nitrogen and oxygen atoms in total. The van der Waals surface area contributed by atoms with E-state index in [4.69, 9.17) is 4.98 Å². The highest BCUT2D eigenvalue weighted by Gasteiger charge is 2.32. The summed E-state index contributed by atoms with van der Waals surface area (Å²) in [5.74, 6) is 0.625. The number of nitrogens with zero attached hydrogens (tertiary/aromatic N) is 3. The van der Waals surface area contributed by atoms with Gasteiger partial charge < -0.3 is 0 Å². The molecule has 1 aliphatic heterocycles. The van der Waals surface area contributed by atoms with Gasteiger partial charge in [-0.3, -0.25) is 9.69 Å². The summed E-state index contributed by atoms with van der Waals surface area (Å²) in [4.78, 5) is 20.6. The lowest BCUT2D eigenvalue weighted by Gasteiger charge is -2.34. The third-order valence-electron chi connectivity index (χ3n) is 7.05. The molecule has 1 saturated heterocycles. The largest absolute Gasteiger partial charge is 0.268 e. The Morgan fingerprint density at radius 2 is 1.66 bits per heavy atom. The van der Waals surface area contributed by atoms with E-state index in [0.717, 1.165) is 16.6 Å². The smallest absolute Gasteiger partial charge is 0.264 e. The molecule has 5 rings (SSSR count). The summed E-state index contributed by atoms with van der Waals surface area (Å²) < 4.78 is 29.7. The molecule has 1 aromatic heterocycles. The highest BCUT2D eigenvalue weighted by Crippen LogP contribution is 2.36. The highest BCUT2D eigenvalue weighted by molar-refractivity contribution is 7.89. The van der Waals surface area contributed by atoms with Gasteiger partial charge in [-0.05, 0) is 72.2 Å². The van der Waals surface area contributed by atoms with Crippen LogP contribution >= 0.6 is 11.3 Å². The molecule has 198 valence electrons. The van der Waals surface area contributed by atoms with E-state index in [1.54, 1.807) is 27.4 Å². The minimum atomic E-state index is -3.72. The van der Waals surface area contributed by atoms with Gasteiger partial charge in [-0.2, -0.15) is 4.31 Å². The van der Waals surface area contributed by atoms with E-state index in [9.17, 15) is 13.2 Å². The third kappa shape index (κ3) is 5.25. The van der Waals surface area contributed by atoms with Crippen LogP contribution in [0.5, 0.6) is 0 Å². The Morgan fingerprint density at radius 1 is 0.974 bits per heavy atom. The van der Waals surface area contributed by atoms with Crippen LogP contribution in [-0.4, -0.2) is 36.7 Å². The Morgan fingerprint density at radius 3 is 2.32 bits per heavy atom. The molecule has 1 aliphatic rings. The van der Waals surface area contributed by atoms with E-state index in [-0.39, 0.29) is 10.8 Å².